The number of nitrogens with zero attached hydrogens (tertiary/aromatic N) is 2. The lowest BCUT2D eigenvalue weighted by Crippen LogP contribution is -1.85. The molecule has 0 amide bonds. The molecule has 14 heavy (non-hydrogen) atoms. The molecule has 2 heteroatoms. The molecule has 70 valence electrons. The molecule has 0 fully saturated rings. The molecule has 0 atom stereocenters. The molecule has 0 bridgehead atoms. The van der Waals surface area contributed by atoms with Gasteiger partial charge < -0.3 is 8.97 Å². The largest absolute Gasteiger partial charge is 0.335 e. The van der Waals surface area contributed by atoms with Crippen LogP contribution in [0.5, 0.6) is 0 Å². The highest BCUT2D eigenvalue weighted by atomic mass is 15.1. The highest BCUT2D eigenvalue weighted by molar-refractivity contribution is 5.98. The molecular weight excluding hydrogens is 172 g/mol. The standard InChI is InChI=1S/C12H12N2/c1-9-10-5-3-4-6-11(10)12-13(2)7-8-14(9)12/h3-8H,1-2H3. The molecule has 0 aliphatic carbocycles. The van der Waals surface area contributed by atoms with Crippen LogP contribution in [0.25, 0.3) is 16.4 Å². The van der Waals surface area contributed by atoms with Gasteiger partial charge >= 0.3 is 0 Å². The first-order valence-electron chi connectivity index (χ1n) is 4.80. The van der Waals surface area contributed by atoms with E-state index in [1.165, 1.54) is 22.1 Å². The second kappa shape index (κ2) is 2.41. The molecule has 0 N–H and O–H groups in total. The van der Waals surface area contributed by atoms with Crippen molar-refractivity contribution in [2.45, 2.75) is 6.92 Å². The molecule has 0 unspecified atom stereocenters. The maximum absolute atomic E-state index is 2.24. The number of aryl methyl sites for hydroxylation is 2. The zero-order valence-electron chi connectivity index (χ0n) is 8.36. The van der Waals surface area contributed by atoms with Crippen LogP contribution in [0.4, 0.5) is 0 Å². The zero-order valence-corrected chi connectivity index (χ0v) is 8.36. The SMILES string of the molecule is Cc1c2ccccc2c2n(C)ccn12. The molecule has 1 aromatic carbocycles. The first-order valence-corrected chi connectivity index (χ1v) is 4.80. The maximum atomic E-state index is 2.24. The number of imidazole rings is 1. The van der Waals surface area contributed by atoms with Crippen molar-refractivity contribution >= 4 is 16.4 Å². The predicted molar refractivity (Wildman–Crippen MR) is 58.6 cm³/mol. The Hall–Kier alpha value is -1.70. The molecular formula is C12H12N2. The molecule has 0 radical (unpaired) electrons. The highest BCUT2D eigenvalue weighted by Crippen LogP contribution is 2.25. The summed E-state index contributed by atoms with van der Waals surface area (Å²) in [6.07, 6.45) is 4.21. The van der Waals surface area contributed by atoms with Crippen molar-refractivity contribution in [1.82, 2.24) is 8.97 Å². The van der Waals surface area contributed by atoms with E-state index >= 15 is 0 Å². The van der Waals surface area contributed by atoms with Crippen LogP contribution < -0.4 is 0 Å². The van der Waals surface area contributed by atoms with Gasteiger partial charge in [-0.25, -0.2) is 0 Å². The fraction of sp³-hybridized carbons (Fsp3) is 0.167. The fourth-order valence-corrected chi connectivity index (χ4v) is 2.19. The van der Waals surface area contributed by atoms with Crippen molar-refractivity contribution in [3.63, 3.8) is 0 Å². The third-order valence-corrected chi connectivity index (χ3v) is 2.92. The first-order chi connectivity index (χ1) is 6.79. The van der Waals surface area contributed by atoms with Crippen LogP contribution in [0.1, 0.15) is 5.69 Å². The van der Waals surface area contributed by atoms with Crippen LogP contribution in [0.15, 0.2) is 36.7 Å². The topological polar surface area (TPSA) is 9.34 Å². The lowest BCUT2D eigenvalue weighted by Gasteiger charge is -1.92. The lowest BCUT2D eigenvalue weighted by atomic mass is 10.2. The molecule has 3 aromatic rings. The van der Waals surface area contributed by atoms with E-state index in [1.807, 2.05) is 0 Å². The van der Waals surface area contributed by atoms with Gasteiger partial charge in [-0.05, 0) is 6.92 Å². The van der Waals surface area contributed by atoms with Gasteiger partial charge in [-0.1, -0.05) is 24.3 Å². The molecule has 0 aliphatic rings. The van der Waals surface area contributed by atoms with Gasteiger partial charge in [-0.15, -0.1) is 0 Å². The van der Waals surface area contributed by atoms with Gasteiger partial charge in [0.25, 0.3) is 0 Å². The minimum Gasteiger partial charge on any atom is -0.335 e. The average molecular weight is 184 g/mol. The summed E-state index contributed by atoms with van der Waals surface area (Å²) in [5.74, 6) is 0. The second-order valence-corrected chi connectivity index (χ2v) is 3.73. The van der Waals surface area contributed by atoms with E-state index < -0.39 is 0 Å². The monoisotopic (exact) mass is 184 g/mol. The predicted octanol–water partition coefficient (Wildman–Crippen LogP) is 2.74. The van der Waals surface area contributed by atoms with Crippen LogP contribution in [-0.2, 0) is 7.05 Å². The number of rotatable bonds is 0. The maximum Gasteiger partial charge on any atom is 0.124 e. The smallest absolute Gasteiger partial charge is 0.124 e. The molecule has 0 saturated carbocycles. The fourth-order valence-electron chi connectivity index (χ4n) is 2.19. The van der Waals surface area contributed by atoms with Crippen LogP contribution in [-0.4, -0.2) is 8.97 Å². The van der Waals surface area contributed by atoms with E-state index in [9.17, 15) is 0 Å². The third kappa shape index (κ3) is 0.757. The van der Waals surface area contributed by atoms with Gasteiger partial charge in [0.2, 0.25) is 0 Å². The van der Waals surface area contributed by atoms with Crippen LogP contribution in [0.3, 0.4) is 0 Å². The Morgan fingerprint density at radius 1 is 1.00 bits per heavy atom. The van der Waals surface area contributed by atoms with E-state index in [0.717, 1.165) is 0 Å². The van der Waals surface area contributed by atoms with E-state index in [4.69, 9.17) is 0 Å². The van der Waals surface area contributed by atoms with Gasteiger partial charge in [0.05, 0.1) is 0 Å². The summed E-state index contributed by atoms with van der Waals surface area (Å²) in [5.41, 5.74) is 2.59. The molecule has 0 aliphatic heterocycles. The Kier molecular flexibility index (Phi) is 1.32. The van der Waals surface area contributed by atoms with Crippen molar-refractivity contribution in [3.05, 3.63) is 42.4 Å². The summed E-state index contributed by atoms with van der Waals surface area (Å²) in [6, 6.07) is 8.54. The van der Waals surface area contributed by atoms with E-state index in [0.29, 0.717) is 0 Å². The number of hydrogen-bond donors (Lipinski definition) is 0. The molecule has 0 spiro atoms. The second-order valence-electron chi connectivity index (χ2n) is 3.73. The molecule has 2 aromatic heterocycles. The molecule has 2 nitrogen and oxygen atoms in total. The Labute approximate surface area is 82.4 Å². The third-order valence-electron chi connectivity index (χ3n) is 2.92. The van der Waals surface area contributed by atoms with E-state index in [-0.39, 0.29) is 0 Å². The van der Waals surface area contributed by atoms with E-state index in [1.54, 1.807) is 0 Å². The Morgan fingerprint density at radius 3 is 2.50 bits per heavy atom. The summed E-state index contributed by atoms with van der Waals surface area (Å²) >= 11 is 0. The number of fused-ring (bicyclic) bond motifs is 3. The molecule has 0 saturated heterocycles. The van der Waals surface area contributed by atoms with Gasteiger partial charge in [-0.2, -0.15) is 0 Å². The quantitative estimate of drug-likeness (QED) is 0.508. The minimum atomic E-state index is 1.28. The van der Waals surface area contributed by atoms with Gasteiger partial charge in [-0.3, -0.25) is 0 Å². The Balaban J connectivity index is 2.70. The van der Waals surface area contributed by atoms with E-state index in [2.05, 4.69) is 59.6 Å². The molecule has 2 heterocycles. The lowest BCUT2D eigenvalue weighted by molar-refractivity contribution is 0.959. The molecule has 3 rings (SSSR count). The summed E-state index contributed by atoms with van der Waals surface area (Å²) in [7, 11) is 2.08. The summed E-state index contributed by atoms with van der Waals surface area (Å²) in [6.45, 7) is 2.16. The first kappa shape index (κ1) is 7.68. The van der Waals surface area contributed by atoms with Crippen molar-refractivity contribution < 1.29 is 0 Å². The zero-order chi connectivity index (χ0) is 9.71. The summed E-state index contributed by atoms with van der Waals surface area (Å²) < 4.78 is 4.40. The average Bonchev–Trinajstić information content (AvgIpc) is 2.70. The van der Waals surface area contributed by atoms with Gasteiger partial charge in [0.15, 0.2) is 0 Å². The Bertz CT molecular complexity index is 614. The van der Waals surface area contributed by atoms with Crippen LogP contribution >= 0.6 is 0 Å². The number of aromatic nitrogens is 2. The summed E-state index contributed by atoms with van der Waals surface area (Å²) in [5, 5.41) is 2.68. The minimum absolute atomic E-state index is 1.28. The van der Waals surface area contributed by atoms with Crippen molar-refractivity contribution in [1.29, 1.82) is 0 Å². The van der Waals surface area contributed by atoms with Gasteiger partial charge in [0.1, 0.15) is 5.65 Å². The highest BCUT2D eigenvalue weighted by Gasteiger charge is 2.08. The van der Waals surface area contributed by atoms with Crippen molar-refractivity contribution in [3.8, 4) is 0 Å². The van der Waals surface area contributed by atoms with Gasteiger partial charge in [0, 0.05) is 35.9 Å². The van der Waals surface area contributed by atoms with Crippen molar-refractivity contribution in [2.24, 2.45) is 7.05 Å². The summed E-state index contributed by atoms with van der Waals surface area (Å²) in [4.78, 5) is 0. The number of benzene rings is 1. The van der Waals surface area contributed by atoms with Crippen molar-refractivity contribution in [2.75, 3.05) is 0 Å². The van der Waals surface area contributed by atoms with Crippen LogP contribution in [0, 0.1) is 6.92 Å². The normalized spacial score (nSPS) is 11.6. The Morgan fingerprint density at radius 2 is 1.71 bits per heavy atom. The van der Waals surface area contributed by atoms with Crippen LogP contribution in [0.2, 0.25) is 0 Å². The number of hydrogen-bond acceptors (Lipinski definition) is 0.